The zero-order valence-electron chi connectivity index (χ0n) is 24.0. The Morgan fingerprint density at radius 1 is 0.658 bits per heavy atom. The Morgan fingerprint density at radius 2 is 1.05 bits per heavy atom. The van der Waals surface area contributed by atoms with Gasteiger partial charge < -0.3 is 0 Å². The molecule has 0 nitrogen and oxygen atoms in total. The van der Waals surface area contributed by atoms with Crippen LogP contribution in [0.5, 0.6) is 0 Å². The molecule has 4 aromatic carbocycles. The first-order valence-corrected chi connectivity index (χ1v) is 16.0. The lowest BCUT2D eigenvalue weighted by Gasteiger charge is -2.42. The van der Waals surface area contributed by atoms with Gasteiger partial charge in [-0.3, -0.25) is 0 Å². The molecule has 38 heavy (non-hydrogen) atoms. The van der Waals surface area contributed by atoms with Gasteiger partial charge in [-0.15, -0.1) is 0 Å². The summed E-state index contributed by atoms with van der Waals surface area (Å²) in [5.74, 6) is 0. The summed E-state index contributed by atoms with van der Waals surface area (Å²) in [5.41, 5.74) is 7.72. The van der Waals surface area contributed by atoms with E-state index in [4.69, 9.17) is 0 Å². The van der Waals surface area contributed by atoms with Crippen LogP contribution in [0.1, 0.15) is 69.7 Å². The maximum atomic E-state index is 2.54. The number of aryl methyl sites for hydroxylation is 1. The van der Waals surface area contributed by atoms with Gasteiger partial charge in [0.05, 0.1) is 6.16 Å². The maximum Gasteiger partial charge on any atom is 0.115 e. The normalized spacial score (nSPS) is 16.6. The quantitative estimate of drug-likeness (QED) is 0.224. The van der Waals surface area contributed by atoms with Crippen LogP contribution in [0.2, 0.25) is 0 Å². The predicted octanol–water partition coefficient (Wildman–Crippen LogP) is 8.74. The monoisotopic (exact) mass is 517 g/mol. The average Bonchev–Trinajstić information content (AvgIpc) is 2.93. The summed E-state index contributed by atoms with van der Waals surface area (Å²) >= 11 is 0. The molecule has 0 atom stereocenters. The van der Waals surface area contributed by atoms with Crippen molar-refractivity contribution in [1.82, 2.24) is 0 Å². The third-order valence-electron chi connectivity index (χ3n) is 8.88. The van der Waals surface area contributed by atoms with Crippen molar-refractivity contribution in [3.8, 4) is 0 Å². The van der Waals surface area contributed by atoms with E-state index in [-0.39, 0.29) is 10.8 Å². The lowest BCUT2D eigenvalue weighted by atomic mass is 9.62. The summed E-state index contributed by atoms with van der Waals surface area (Å²) < 4.78 is 0. The number of allylic oxidation sites excluding steroid dienone is 2. The molecular weight excluding hydrogens is 475 g/mol. The Kier molecular flexibility index (Phi) is 7.23. The fourth-order valence-electron chi connectivity index (χ4n) is 6.34. The van der Waals surface area contributed by atoms with E-state index in [0.717, 1.165) is 6.16 Å². The van der Waals surface area contributed by atoms with Gasteiger partial charge in [-0.25, -0.2) is 0 Å². The number of benzene rings is 4. The van der Waals surface area contributed by atoms with Gasteiger partial charge in [-0.1, -0.05) is 94.4 Å². The highest BCUT2D eigenvalue weighted by molar-refractivity contribution is 7.95. The third-order valence-corrected chi connectivity index (χ3v) is 13.2. The van der Waals surface area contributed by atoms with Crippen LogP contribution in [-0.4, -0.2) is 6.16 Å². The van der Waals surface area contributed by atoms with Crippen LogP contribution in [0.3, 0.4) is 0 Å². The molecule has 5 rings (SSSR count). The Bertz CT molecular complexity index is 1330. The van der Waals surface area contributed by atoms with Crippen molar-refractivity contribution in [2.45, 2.75) is 65.2 Å². The number of rotatable bonds is 6. The van der Waals surface area contributed by atoms with E-state index in [0.29, 0.717) is 0 Å². The van der Waals surface area contributed by atoms with E-state index in [2.05, 4.69) is 151 Å². The zero-order valence-corrected chi connectivity index (χ0v) is 24.9. The average molecular weight is 518 g/mol. The van der Waals surface area contributed by atoms with E-state index in [1.54, 1.807) is 5.56 Å². The smallest absolute Gasteiger partial charge is 0.0620 e. The number of hydrogen-bond acceptors (Lipinski definition) is 0. The molecule has 0 unspecified atom stereocenters. The summed E-state index contributed by atoms with van der Waals surface area (Å²) in [4.78, 5) is 0. The summed E-state index contributed by atoms with van der Waals surface area (Å²) in [5, 5.41) is 4.31. The highest BCUT2D eigenvalue weighted by Crippen LogP contribution is 2.56. The lowest BCUT2D eigenvalue weighted by molar-refractivity contribution is 0.331. The molecule has 0 fully saturated rings. The van der Waals surface area contributed by atoms with Gasteiger partial charge in [0, 0.05) is 0 Å². The summed E-state index contributed by atoms with van der Waals surface area (Å²) in [6, 6.07) is 38.7. The Balaban J connectivity index is 1.66. The van der Waals surface area contributed by atoms with Gasteiger partial charge in [0.15, 0.2) is 0 Å². The molecule has 0 aliphatic heterocycles. The van der Waals surface area contributed by atoms with Crippen molar-refractivity contribution in [3.63, 3.8) is 0 Å². The Morgan fingerprint density at radius 3 is 1.47 bits per heavy atom. The molecule has 0 heterocycles. The Hall–Kier alpha value is -2.95. The van der Waals surface area contributed by atoms with Crippen molar-refractivity contribution in [2.75, 3.05) is 6.16 Å². The lowest BCUT2D eigenvalue weighted by Crippen LogP contribution is -2.34. The van der Waals surface area contributed by atoms with Crippen LogP contribution in [0, 0.1) is 6.92 Å². The van der Waals surface area contributed by atoms with Crippen molar-refractivity contribution >= 4 is 28.7 Å². The first-order chi connectivity index (χ1) is 18.1. The molecule has 1 aliphatic carbocycles. The minimum Gasteiger partial charge on any atom is -0.0620 e. The first kappa shape index (κ1) is 26.6. The fourth-order valence-corrected chi connectivity index (χ4v) is 10.5. The van der Waals surface area contributed by atoms with Crippen LogP contribution >= 0.6 is 7.26 Å². The van der Waals surface area contributed by atoms with Crippen LogP contribution in [-0.2, 0) is 10.8 Å². The molecule has 0 saturated carbocycles. The van der Waals surface area contributed by atoms with E-state index in [1.165, 1.54) is 51.0 Å². The molecular formula is C37H42P+. The molecule has 1 aliphatic rings. The summed E-state index contributed by atoms with van der Waals surface area (Å²) in [6.07, 6.45) is 6.03. The topological polar surface area (TPSA) is 0 Å². The van der Waals surface area contributed by atoms with Crippen LogP contribution in [0.4, 0.5) is 0 Å². The molecule has 0 saturated heterocycles. The second kappa shape index (κ2) is 10.3. The van der Waals surface area contributed by atoms with Crippen LogP contribution in [0.15, 0.2) is 109 Å². The van der Waals surface area contributed by atoms with Gasteiger partial charge in [-0.2, -0.15) is 0 Å². The Labute approximate surface area is 231 Å². The molecule has 194 valence electrons. The van der Waals surface area contributed by atoms with E-state index in [1.807, 2.05) is 0 Å². The van der Waals surface area contributed by atoms with Gasteiger partial charge in [-0.05, 0) is 108 Å². The number of fused-ring (bicyclic) bond motifs is 1. The predicted molar refractivity (Wildman–Crippen MR) is 170 cm³/mol. The SMILES string of the molecule is CC(=CC[P+](c1ccccc1)(c1ccccc1)c1ccccc1)c1cc2c(cc1C)C(C)(C)CCC2(C)C. The molecule has 4 aromatic rings. The molecule has 0 N–H and O–H groups in total. The highest BCUT2D eigenvalue weighted by atomic mass is 31.2. The van der Waals surface area contributed by atoms with Gasteiger partial charge >= 0.3 is 0 Å². The second-order valence-corrected chi connectivity index (χ2v) is 15.9. The first-order valence-electron chi connectivity index (χ1n) is 14.0. The second-order valence-electron chi connectivity index (χ2n) is 12.4. The van der Waals surface area contributed by atoms with Gasteiger partial charge in [0.2, 0.25) is 0 Å². The maximum absolute atomic E-state index is 2.54. The van der Waals surface area contributed by atoms with Crippen molar-refractivity contribution < 1.29 is 0 Å². The summed E-state index contributed by atoms with van der Waals surface area (Å²) in [7, 11) is -1.89. The highest BCUT2D eigenvalue weighted by Gasteiger charge is 2.44. The molecule has 1 heteroatoms. The third kappa shape index (κ3) is 4.81. The van der Waals surface area contributed by atoms with Crippen LogP contribution < -0.4 is 15.9 Å². The molecule has 0 radical (unpaired) electrons. The van der Waals surface area contributed by atoms with Crippen molar-refractivity contribution in [2.24, 2.45) is 0 Å². The van der Waals surface area contributed by atoms with Gasteiger partial charge in [0.25, 0.3) is 0 Å². The molecule has 0 spiro atoms. The van der Waals surface area contributed by atoms with Crippen molar-refractivity contribution in [1.29, 1.82) is 0 Å². The standard InChI is InChI=1S/C37H42P/c1-28(33-27-35-34(26-29(33)2)36(3,4)23-24-37(35,5)6)22-25-38(30-16-10-7-11-17-30,31-18-12-8-13-19-31)32-20-14-9-15-21-32/h7-22,26-27H,23-25H2,1-6H3/q+1. The van der Waals surface area contributed by atoms with Crippen LogP contribution in [0.25, 0.3) is 5.57 Å². The zero-order chi connectivity index (χ0) is 27.0. The molecule has 0 aromatic heterocycles. The fraction of sp³-hybridized carbons (Fsp3) is 0.297. The largest absolute Gasteiger partial charge is 0.115 e. The van der Waals surface area contributed by atoms with E-state index >= 15 is 0 Å². The van der Waals surface area contributed by atoms with Crippen molar-refractivity contribution in [3.05, 3.63) is 131 Å². The summed E-state index contributed by atoms with van der Waals surface area (Å²) in [6.45, 7) is 14.3. The van der Waals surface area contributed by atoms with Gasteiger partial charge in [0.1, 0.15) is 23.2 Å². The number of hydrogen-bond donors (Lipinski definition) is 0. The molecule has 0 bridgehead atoms. The minimum atomic E-state index is -1.89. The van der Waals surface area contributed by atoms with E-state index < -0.39 is 7.26 Å². The van der Waals surface area contributed by atoms with E-state index in [9.17, 15) is 0 Å². The minimum absolute atomic E-state index is 0.211. The molecule has 0 amide bonds.